The Kier molecular flexibility index (Phi) is 4.91. The quantitative estimate of drug-likeness (QED) is 0.697. The summed E-state index contributed by atoms with van der Waals surface area (Å²) in [5.41, 5.74) is 8.08. The molecule has 4 rings (SSSR count). The second-order valence-corrected chi connectivity index (χ2v) is 7.58. The molecule has 1 aromatic carbocycles. The van der Waals surface area contributed by atoms with E-state index in [4.69, 9.17) is 10.3 Å². The number of hydrogen-bond acceptors (Lipinski definition) is 7. The minimum absolute atomic E-state index is 0.0391. The zero-order valence-electron chi connectivity index (χ0n) is 15.1. The van der Waals surface area contributed by atoms with Gasteiger partial charge in [0.1, 0.15) is 0 Å². The molecule has 8 heteroatoms. The number of carbonyl (C=O) groups is 1. The highest BCUT2D eigenvalue weighted by Crippen LogP contribution is 2.22. The van der Waals surface area contributed by atoms with Crippen LogP contribution in [0.1, 0.15) is 21.8 Å². The van der Waals surface area contributed by atoms with Crippen LogP contribution in [0, 0.1) is 6.92 Å². The lowest BCUT2D eigenvalue weighted by molar-refractivity contribution is 0.0614. The van der Waals surface area contributed by atoms with Crippen molar-refractivity contribution in [2.24, 2.45) is 0 Å². The largest absolute Gasteiger partial charge is 0.399 e. The predicted molar refractivity (Wildman–Crippen MR) is 104 cm³/mol. The monoisotopic (exact) mass is 383 g/mol. The molecule has 140 valence electrons. The third kappa shape index (κ3) is 3.86. The molecule has 0 atom stereocenters. The van der Waals surface area contributed by atoms with E-state index in [1.807, 2.05) is 41.5 Å². The lowest BCUT2D eigenvalue weighted by atomic mass is 10.1. The van der Waals surface area contributed by atoms with Crippen LogP contribution in [0.3, 0.4) is 0 Å². The molecule has 1 aliphatic rings. The molecule has 7 nitrogen and oxygen atoms in total. The summed E-state index contributed by atoms with van der Waals surface area (Å²) in [6.45, 7) is 5.40. The number of rotatable bonds is 4. The Hall–Kier alpha value is -2.71. The fourth-order valence-corrected chi connectivity index (χ4v) is 3.81. The summed E-state index contributed by atoms with van der Waals surface area (Å²) in [6.07, 6.45) is 0. The molecule has 3 aromatic rings. The maximum Gasteiger partial charge on any atom is 0.254 e. The number of thiophene rings is 1. The van der Waals surface area contributed by atoms with Crippen molar-refractivity contribution in [1.82, 2.24) is 19.9 Å². The number of aryl methyl sites for hydroxylation is 1. The van der Waals surface area contributed by atoms with Crippen molar-refractivity contribution < 1.29 is 9.32 Å². The fourth-order valence-electron chi connectivity index (χ4n) is 3.17. The molecule has 1 aliphatic heterocycles. The average molecular weight is 383 g/mol. The van der Waals surface area contributed by atoms with Gasteiger partial charge in [0, 0.05) is 37.4 Å². The second-order valence-electron chi connectivity index (χ2n) is 6.63. The first-order valence-electron chi connectivity index (χ1n) is 8.84. The third-order valence-corrected chi connectivity index (χ3v) is 5.59. The number of nitrogen functional groups attached to an aromatic ring is 1. The number of benzene rings is 1. The molecule has 3 heterocycles. The summed E-state index contributed by atoms with van der Waals surface area (Å²) < 4.78 is 5.37. The van der Waals surface area contributed by atoms with Gasteiger partial charge in [-0.15, -0.1) is 11.3 Å². The molecule has 1 fully saturated rings. The van der Waals surface area contributed by atoms with Crippen molar-refractivity contribution in [3.63, 3.8) is 0 Å². The Balaban J connectivity index is 1.35. The first kappa shape index (κ1) is 17.7. The average Bonchev–Trinajstić information content (AvgIpc) is 3.35. The highest BCUT2D eigenvalue weighted by Gasteiger charge is 2.24. The van der Waals surface area contributed by atoms with Gasteiger partial charge in [0.25, 0.3) is 5.91 Å². The van der Waals surface area contributed by atoms with Gasteiger partial charge >= 0.3 is 0 Å². The Morgan fingerprint density at radius 2 is 2.07 bits per heavy atom. The van der Waals surface area contributed by atoms with Crippen LogP contribution in [0.5, 0.6) is 0 Å². The van der Waals surface area contributed by atoms with Crippen molar-refractivity contribution in [2.75, 3.05) is 31.9 Å². The molecule has 0 saturated carbocycles. The Labute approximate surface area is 161 Å². The van der Waals surface area contributed by atoms with Crippen molar-refractivity contribution in [1.29, 1.82) is 0 Å². The normalized spacial score (nSPS) is 15.2. The van der Waals surface area contributed by atoms with Crippen LogP contribution in [0.4, 0.5) is 5.69 Å². The number of nitrogens with zero attached hydrogens (tertiary/aromatic N) is 4. The molecule has 0 radical (unpaired) electrons. The van der Waals surface area contributed by atoms with Crippen LogP contribution in [-0.2, 0) is 6.54 Å². The number of hydrogen-bond donors (Lipinski definition) is 1. The van der Waals surface area contributed by atoms with E-state index < -0.39 is 0 Å². The van der Waals surface area contributed by atoms with Gasteiger partial charge in [-0.3, -0.25) is 9.69 Å². The highest BCUT2D eigenvalue weighted by molar-refractivity contribution is 7.13. The summed E-state index contributed by atoms with van der Waals surface area (Å²) in [5, 5.41) is 6.04. The molecule has 0 bridgehead atoms. The van der Waals surface area contributed by atoms with E-state index in [1.54, 1.807) is 17.4 Å². The summed E-state index contributed by atoms with van der Waals surface area (Å²) in [5.74, 6) is 1.27. The number of carbonyl (C=O) groups excluding carboxylic acids is 1. The number of anilines is 1. The highest BCUT2D eigenvalue weighted by atomic mass is 32.1. The zero-order valence-corrected chi connectivity index (χ0v) is 15.9. The summed E-state index contributed by atoms with van der Waals surface area (Å²) in [7, 11) is 0. The molecular weight excluding hydrogens is 362 g/mol. The number of nitrogens with two attached hydrogens (primary N) is 1. The Morgan fingerprint density at radius 3 is 2.81 bits per heavy atom. The zero-order chi connectivity index (χ0) is 18.8. The van der Waals surface area contributed by atoms with E-state index >= 15 is 0 Å². The third-order valence-electron chi connectivity index (χ3n) is 4.72. The van der Waals surface area contributed by atoms with Gasteiger partial charge in [0.05, 0.1) is 11.4 Å². The van der Waals surface area contributed by atoms with E-state index in [9.17, 15) is 4.79 Å². The minimum Gasteiger partial charge on any atom is -0.399 e. The van der Waals surface area contributed by atoms with E-state index in [0.717, 1.165) is 23.5 Å². The SMILES string of the molecule is Cc1ccc(N)cc1C(=O)N1CCN(Cc2nc(-c3cccs3)no2)CC1. The maximum absolute atomic E-state index is 12.8. The first-order valence-corrected chi connectivity index (χ1v) is 9.72. The second kappa shape index (κ2) is 7.50. The standard InChI is InChI=1S/C19H21N5O2S/c1-13-4-5-14(20)11-15(13)19(25)24-8-6-23(7-9-24)12-17-21-18(22-26-17)16-3-2-10-27-16/h2-5,10-11H,6-9,12,20H2,1H3. The molecule has 0 unspecified atom stereocenters. The van der Waals surface area contributed by atoms with Crippen LogP contribution in [0.15, 0.2) is 40.2 Å². The van der Waals surface area contributed by atoms with Gasteiger partial charge in [0.15, 0.2) is 0 Å². The van der Waals surface area contributed by atoms with Gasteiger partial charge in [-0.2, -0.15) is 4.98 Å². The van der Waals surface area contributed by atoms with E-state index in [1.165, 1.54) is 0 Å². The minimum atomic E-state index is 0.0391. The van der Waals surface area contributed by atoms with E-state index in [2.05, 4.69) is 15.0 Å². The van der Waals surface area contributed by atoms with Crippen molar-refractivity contribution >= 4 is 22.9 Å². The fraction of sp³-hybridized carbons (Fsp3) is 0.316. The van der Waals surface area contributed by atoms with Crippen LogP contribution in [-0.4, -0.2) is 52.0 Å². The van der Waals surface area contributed by atoms with E-state index in [0.29, 0.717) is 42.6 Å². The summed E-state index contributed by atoms with van der Waals surface area (Å²) >= 11 is 1.59. The van der Waals surface area contributed by atoms with Crippen molar-refractivity contribution in [3.8, 4) is 10.7 Å². The number of amides is 1. The smallest absolute Gasteiger partial charge is 0.254 e. The topological polar surface area (TPSA) is 88.5 Å². The molecule has 0 spiro atoms. The van der Waals surface area contributed by atoms with Gasteiger partial charge in [-0.05, 0) is 36.1 Å². The molecule has 0 aliphatic carbocycles. The van der Waals surface area contributed by atoms with Crippen LogP contribution in [0.2, 0.25) is 0 Å². The number of aromatic nitrogens is 2. The summed E-state index contributed by atoms with van der Waals surface area (Å²) in [6, 6.07) is 9.41. The lowest BCUT2D eigenvalue weighted by Crippen LogP contribution is -2.48. The molecular formula is C19H21N5O2S. The van der Waals surface area contributed by atoms with Gasteiger partial charge in [-0.25, -0.2) is 0 Å². The van der Waals surface area contributed by atoms with E-state index in [-0.39, 0.29) is 5.91 Å². The number of piperazine rings is 1. The Morgan fingerprint density at radius 1 is 1.26 bits per heavy atom. The molecule has 2 aromatic heterocycles. The van der Waals surface area contributed by atoms with Crippen molar-refractivity contribution in [3.05, 3.63) is 52.7 Å². The van der Waals surface area contributed by atoms with Crippen LogP contribution >= 0.6 is 11.3 Å². The van der Waals surface area contributed by atoms with Crippen molar-refractivity contribution in [2.45, 2.75) is 13.5 Å². The molecule has 27 heavy (non-hydrogen) atoms. The van der Waals surface area contributed by atoms with Gasteiger partial charge in [0.2, 0.25) is 11.7 Å². The molecule has 2 N–H and O–H groups in total. The maximum atomic E-state index is 12.8. The predicted octanol–water partition coefficient (Wildman–Crippen LogP) is 2.65. The van der Waals surface area contributed by atoms with Crippen LogP contribution in [0.25, 0.3) is 10.7 Å². The lowest BCUT2D eigenvalue weighted by Gasteiger charge is -2.34. The molecule has 1 saturated heterocycles. The summed E-state index contributed by atoms with van der Waals surface area (Å²) in [4.78, 5) is 22.4. The van der Waals surface area contributed by atoms with Gasteiger partial charge in [-0.1, -0.05) is 17.3 Å². The van der Waals surface area contributed by atoms with Crippen LogP contribution < -0.4 is 5.73 Å². The Bertz CT molecular complexity index is 929. The van der Waals surface area contributed by atoms with Gasteiger partial charge < -0.3 is 15.2 Å². The molecule has 1 amide bonds. The first-order chi connectivity index (χ1) is 13.1.